The zero-order valence-electron chi connectivity index (χ0n) is 18.4. The summed E-state index contributed by atoms with van der Waals surface area (Å²) >= 11 is 0. The molecule has 2 amide bonds. The molecule has 0 aromatic heterocycles. The van der Waals surface area contributed by atoms with Crippen LogP contribution in [0.1, 0.15) is 62.9 Å². The summed E-state index contributed by atoms with van der Waals surface area (Å²) in [6.45, 7) is 10.8. The number of amides is 2. The highest BCUT2D eigenvalue weighted by atomic mass is 16.5. The fourth-order valence-electron chi connectivity index (χ4n) is 2.60. The highest BCUT2D eigenvalue weighted by Crippen LogP contribution is 2.19. The van der Waals surface area contributed by atoms with Crippen LogP contribution < -0.4 is 20.3 Å². The summed E-state index contributed by atoms with van der Waals surface area (Å²) in [5.41, 5.74) is 6.42. The Hall–Kier alpha value is -3.02. The third-order valence-electron chi connectivity index (χ3n) is 4.61. The first-order valence-corrected chi connectivity index (χ1v) is 10.4. The fraction of sp³-hybridized carbons (Fsp3) is 0.417. The van der Waals surface area contributed by atoms with Crippen LogP contribution >= 0.6 is 0 Å². The van der Waals surface area contributed by atoms with Crippen LogP contribution in [0.15, 0.2) is 48.5 Å². The lowest BCUT2D eigenvalue weighted by Crippen LogP contribution is -2.47. The van der Waals surface area contributed by atoms with Gasteiger partial charge >= 0.3 is 0 Å². The van der Waals surface area contributed by atoms with Gasteiger partial charge in [-0.15, -0.1) is 0 Å². The summed E-state index contributed by atoms with van der Waals surface area (Å²) in [6, 6.07) is 14.4. The van der Waals surface area contributed by atoms with Crippen molar-refractivity contribution in [2.75, 3.05) is 6.61 Å². The second kappa shape index (κ2) is 11.2. The second-order valence-corrected chi connectivity index (χ2v) is 7.98. The Bertz CT molecular complexity index is 814. The van der Waals surface area contributed by atoms with Crippen LogP contribution in [-0.4, -0.2) is 24.5 Å². The van der Waals surface area contributed by atoms with Crippen molar-refractivity contribution in [1.82, 2.24) is 10.9 Å². The molecule has 2 rings (SSSR count). The van der Waals surface area contributed by atoms with E-state index >= 15 is 0 Å². The third kappa shape index (κ3) is 7.43. The van der Waals surface area contributed by atoms with E-state index in [4.69, 9.17) is 9.47 Å². The molecule has 0 aliphatic rings. The molecule has 0 saturated carbocycles. The Morgan fingerprint density at radius 3 is 2.00 bits per heavy atom. The molecule has 0 aliphatic carbocycles. The molecule has 30 heavy (non-hydrogen) atoms. The van der Waals surface area contributed by atoms with Crippen LogP contribution in [0.2, 0.25) is 0 Å². The fourth-order valence-corrected chi connectivity index (χ4v) is 2.60. The minimum absolute atomic E-state index is 0.412. The van der Waals surface area contributed by atoms with Gasteiger partial charge < -0.3 is 9.47 Å². The van der Waals surface area contributed by atoms with Crippen LogP contribution in [-0.2, 0) is 4.79 Å². The van der Waals surface area contributed by atoms with Crippen LogP contribution in [0, 0.1) is 5.92 Å². The Morgan fingerprint density at radius 1 is 0.833 bits per heavy atom. The zero-order valence-corrected chi connectivity index (χ0v) is 18.4. The van der Waals surface area contributed by atoms with Crippen molar-refractivity contribution in [3.8, 4) is 11.5 Å². The molecule has 0 unspecified atom stereocenters. The molecule has 0 saturated heterocycles. The summed E-state index contributed by atoms with van der Waals surface area (Å²) in [7, 11) is 0. The molecule has 6 nitrogen and oxygen atoms in total. The molecule has 0 heterocycles. The standard InChI is InChI=1S/C24H32N2O4/c1-16(2)14-15-29-21-10-8-20(9-11-21)24(28)26-25-23(27)18(5)30-22-12-6-19(7-13-22)17(3)4/h6-13,16-18H,14-15H2,1-5H3,(H,25,27)(H,26,28)/t18-/m1/s1. The van der Waals surface area contributed by atoms with E-state index in [0.717, 1.165) is 6.42 Å². The molecular formula is C24H32N2O4. The van der Waals surface area contributed by atoms with Gasteiger partial charge in [0, 0.05) is 5.56 Å². The minimum atomic E-state index is -0.757. The molecule has 1 atom stereocenters. The van der Waals surface area contributed by atoms with E-state index in [-0.39, 0.29) is 0 Å². The predicted octanol–water partition coefficient (Wildman–Crippen LogP) is 4.46. The summed E-state index contributed by atoms with van der Waals surface area (Å²) in [5, 5.41) is 0. The van der Waals surface area contributed by atoms with Gasteiger partial charge in [-0.25, -0.2) is 0 Å². The number of rotatable bonds is 9. The maximum absolute atomic E-state index is 12.2. The van der Waals surface area contributed by atoms with Gasteiger partial charge in [0.05, 0.1) is 6.61 Å². The quantitative estimate of drug-likeness (QED) is 0.596. The molecule has 0 radical (unpaired) electrons. The zero-order chi connectivity index (χ0) is 22.1. The summed E-state index contributed by atoms with van der Waals surface area (Å²) in [5.74, 6) is 1.46. The van der Waals surface area contributed by atoms with Crippen molar-refractivity contribution in [3.05, 3.63) is 59.7 Å². The van der Waals surface area contributed by atoms with Crippen LogP contribution in [0.3, 0.4) is 0 Å². The monoisotopic (exact) mass is 412 g/mol. The summed E-state index contributed by atoms with van der Waals surface area (Å²) < 4.78 is 11.3. The predicted molar refractivity (Wildman–Crippen MR) is 118 cm³/mol. The summed E-state index contributed by atoms with van der Waals surface area (Å²) in [6.07, 6.45) is 0.211. The topological polar surface area (TPSA) is 76.7 Å². The highest BCUT2D eigenvalue weighted by molar-refractivity contribution is 5.95. The normalized spacial score (nSPS) is 11.8. The van der Waals surface area contributed by atoms with Crippen LogP contribution in [0.4, 0.5) is 0 Å². The van der Waals surface area contributed by atoms with Gasteiger partial charge in [0.15, 0.2) is 6.10 Å². The van der Waals surface area contributed by atoms with Gasteiger partial charge in [-0.1, -0.05) is 39.8 Å². The smallest absolute Gasteiger partial charge is 0.279 e. The number of hydrogen-bond acceptors (Lipinski definition) is 4. The van der Waals surface area contributed by atoms with E-state index < -0.39 is 17.9 Å². The van der Waals surface area contributed by atoms with Gasteiger partial charge in [0.25, 0.3) is 11.8 Å². The molecule has 2 aromatic rings. The van der Waals surface area contributed by atoms with Gasteiger partial charge in [0.2, 0.25) is 0 Å². The Labute approximate surface area is 178 Å². The Morgan fingerprint density at radius 2 is 1.43 bits per heavy atom. The highest BCUT2D eigenvalue weighted by Gasteiger charge is 2.16. The molecule has 0 aliphatic heterocycles. The van der Waals surface area contributed by atoms with E-state index in [1.807, 2.05) is 24.3 Å². The Balaban J connectivity index is 1.79. The average Bonchev–Trinajstić information content (AvgIpc) is 2.72. The first-order valence-electron chi connectivity index (χ1n) is 10.4. The SMILES string of the molecule is CC(C)CCOc1ccc(C(=O)NNC(=O)[C@@H](C)Oc2ccc(C(C)C)cc2)cc1. The lowest BCUT2D eigenvalue weighted by Gasteiger charge is -2.16. The maximum Gasteiger partial charge on any atom is 0.279 e. The van der Waals surface area contributed by atoms with Crippen molar-refractivity contribution < 1.29 is 19.1 Å². The van der Waals surface area contributed by atoms with Gasteiger partial charge in [0.1, 0.15) is 11.5 Å². The molecule has 0 spiro atoms. The van der Waals surface area contributed by atoms with Crippen molar-refractivity contribution in [2.45, 2.75) is 53.1 Å². The van der Waals surface area contributed by atoms with E-state index in [2.05, 4.69) is 38.5 Å². The molecule has 2 aromatic carbocycles. The average molecular weight is 413 g/mol. The lowest BCUT2D eigenvalue weighted by atomic mass is 10.0. The van der Waals surface area contributed by atoms with Crippen LogP contribution in [0.5, 0.6) is 11.5 Å². The molecule has 0 bridgehead atoms. The second-order valence-electron chi connectivity index (χ2n) is 7.98. The van der Waals surface area contributed by atoms with Crippen molar-refractivity contribution in [2.24, 2.45) is 5.92 Å². The number of nitrogens with one attached hydrogen (secondary N) is 2. The minimum Gasteiger partial charge on any atom is -0.494 e. The largest absolute Gasteiger partial charge is 0.494 e. The number of ether oxygens (including phenoxy) is 2. The Kier molecular flexibility index (Phi) is 8.71. The van der Waals surface area contributed by atoms with E-state index in [1.54, 1.807) is 31.2 Å². The van der Waals surface area contributed by atoms with Crippen molar-refractivity contribution in [3.63, 3.8) is 0 Å². The molecule has 6 heteroatoms. The molecule has 2 N–H and O–H groups in total. The number of hydrazine groups is 1. The van der Waals surface area contributed by atoms with Gasteiger partial charge in [-0.05, 0) is 67.1 Å². The van der Waals surface area contributed by atoms with Gasteiger partial charge in [-0.3, -0.25) is 20.4 Å². The molecule has 0 fully saturated rings. The van der Waals surface area contributed by atoms with Crippen LogP contribution in [0.25, 0.3) is 0 Å². The van der Waals surface area contributed by atoms with E-state index in [1.165, 1.54) is 5.56 Å². The van der Waals surface area contributed by atoms with Gasteiger partial charge in [-0.2, -0.15) is 0 Å². The molecular weight excluding hydrogens is 380 g/mol. The third-order valence-corrected chi connectivity index (χ3v) is 4.61. The van der Waals surface area contributed by atoms with Crippen molar-refractivity contribution in [1.29, 1.82) is 0 Å². The first-order chi connectivity index (χ1) is 14.3. The van der Waals surface area contributed by atoms with E-state index in [9.17, 15) is 9.59 Å². The number of carbonyl (C=O) groups excluding carboxylic acids is 2. The number of hydrogen-bond donors (Lipinski definition) is 2. The molecule has 162 valence electrons. The maximum atomic E-state index is 12.2. The van der Waals surface area contributed by atoms with E-state index in [0.29, 0.717) is 35.5 Å². The number of carbonyl (C=O) groups is 2. The van der Waals surface area contributed by atoms with Crippen molar-refractivity contribution >= 4 is 11.8 Å². The lowest BCUT2D eigenvalue weighted by molar-refractivity contribution is -0.128. The number of benzene rings is 2. The first kappa shape index (κ1) is 23.3. The summed E-state index contributed by atoms with van der Waals surface area (Å²) in [4.78, 5) is 24.5.